The van der Waals surface area contributed by atoms with E-state index >= 15 is 0 Å². The third kappa shape index (κ3) is 9.72. The first-order valence-corrected chi connectivity index (χ1v) is 3.69. The number of halogens is 1. The third-order valence-corrected chi connectivity index (χ3v) is 1.08. The number of amides is 1. The normalized spacial score (nSPS) is 11.5. The Balaban J connectivity index is 0. The highest BCUT2D eigenvalue weighted by Crippen LogP contribution is 1.84. The first-order valence-electron chi connectivity index (χ1n) is 3.69. The Morgan fingerprint density at radius 2 is 2.18 bits per heavy atom. The van der Waals surface area contributed by atoms with Crippen LogP contribution >= 0.6 is 12.4 Å². The van der Waals surface area contributed by atoms with Crippen LogP contribution in [0.4, 0.5) is 0 Å². The molecular weight excluding hydrogens is 164 g/mol. The number of hydrogen-bond donors (Lipinski definition) is 2. The molecule has 3 N–H and O–H groups in total. The van der Waals surface area contributed by atoms with Crippen LogP contribution in [0.15, 0.2) is 0 Å². The fraction of sp³-hybridized carbons (Fsp3) is 0.857. The number of carbonyl (C=O) groups excluding carboxylic acids is 1. The molecule has 0 aromatic carbocycles. The summed E-state index contributed by atoms with van der Waals surface area (Å²) in [5.74, 6) is 0.0526. The molecule has 0 aromatic rings. The van der Waals surface area contributed by atoms with Gasteiger partial charge < -0.3 is 11.1 Å². The predicted molar refractivity (Wildman–Crippen MR) is 48.8 cm³/mol. The SMILES string of the molecule is CCCNC(=O)CC(C)N.Cl. The molecule has 3 nitrogen and oxygen atoms in total. The molecule has 11 heavy (non-hydrogen) atoms. The molecule has 0 aromatic heterocycles. The summed E-state index contributed by atoms with van der Waals surface area (Å²) in [5.41, 5.74) is 5.40. The van der Waals surface area contributed by atoms with Gasteiger partial charge in [-0.3, -0.25) is 4.79 Å². The molecule has 0 aliphatic rings. The van der Waals surface area contributed by atoms with Crippen molar-refractivity contribution in [2.45, 2.75) is 32.7 Å². The Labute approximate surface area is 74.1 Å². The van der Waals surface area contributed by atoms with Crippen molar-refractivity contribution in [3.05, 3.63) is 0 Å². The van der Waals surface area contributed by atoms with Gasteiger partial charge in [-0.15, -0.1) is 12.4 Å². The Kier molecular flexibility index (Phi) is 9.47. The van der Waals surface area contributed by atoms with Crippen molar-refractivity contribution >= 4 is 18.3 Å². The molecule has 1 unspecified atom stereocenters. The molecule has 0 fully saturated rings. The highest BCUT2D eigenvalue weighted by atomic mass is 35.5. The van der Waals surface area contributed by atoms with E-state index in [-0.39, 0.29) is 24.4 Å². The Morgan fingerprint density at radius 3 is 2.55 bits per heavy atom. The summed E-state index contributed by atoms with van der Waals surface area (Å²) >= 11 is 0. The van der Waals surface area contributed by atoms with Gasteiger partial charge in [0.2, 0.25) is 5.91 Å². The van der Waals surface area contributed by atoms with Gasteiger partial charge in [-0.1, -0.05) is 6.92 Å². The number of carbonyl (C=O) groups is 1. The maximum Gasteiger partial charge on any atom is 0.221 e. The van der Waals surface area contributed by atoms with E-state index in [2.05, 4.69) is 5.32 Å². The second kappa shape index (κ2) is 7.82. The smallest absolute Gasteiger partial charge is 0.221 e. The van der Waals surface area contributed by atoms with E-state index in [0.29, 0.717) is 6.42 Å². The van der Waals surface area contributed by atoms with E-state index in [1.165, 1.54) is 0 Å². The van der Waals surface area contributed by atoms with Gasteiger partial charge in [-0.25, -0.2) is 0 Å². The Hall–Kier alpha value is -0.280. The molecule has 68 valence electrons. The highest BCUT2D eigenvalue weighted by molar-refractivity contribution is 5.85. The van der Waals surface area contributed by atoms with E-state index < -0.39 is 0 Å². The maximum atomic E-state index is 10.8. The number of nitrogens with two attached hydrogens (primary N) is 1. The first-order chi connectivity index (χ1) is 4.66. The minimum absolute atomic E-state index is 0. The predicted octanol–water partition coefficient (Wildman–Crippen LogP) is 0.672. The molecule has 4 heteroatoms. The highest BCUT2D eigenvalue weighted by Gasteiger charge is 2.01. The zero-order valence-electron chi connectivity index (χ0n) is 7.09. The molecule has 0 aliphatic carbocycles. The van der Waals surface area contributed by atoms with Gasteiger partial charge in [0.05, 0.1) is 0 Å². The molecule has 0 saturated carbocycles. The summed E-state index contributed by atoms with van der Waals surface area (Å²) in [6, 6.07) is -0.0307. The number of nitrogens with one attached hydrogen (secondary N) is 1. The molecular formula is C7H17ClN2O. The summed E-state index contributed by atoms with van der Waals surface area (Å²) in [7, 11) is 0. The van der Waals surface area contributed by atoms with Crippen molar-refractivity contribution in [3.63, 3.8) is 0 Å². The second-order valence-corrected chi connectivity index (χ2v) is 2.53. The molecule has 0 saturated heterocycles. The van der Waals surface area contributed by atoms with Crippen LogP contribution in [-0.2, 0) is 4.79 Å². The minimum Gasteiger partial charge on any atom is -0.356 e. The summed E-state index contributed by atoms with van der Waals surface area (Å²) in [6.07, 6.45) is 1.41. The maximum absolute atomic E-state index is 10.8. The van der Waals surface area contributed by atoms with Gasteiger partial charge >= 0.3 is 0 Å². The zero-order valence-corrected chi connectivity index (χ0v) is 7.91. The third-order valence-electron chi connectivity index (χ3n) is 1.08. The molecule has 0 radical (unpaired) electrons. The molecule has 0 heterocycles. The molecule has 1 atom stereocenters. The van der Waals surface area contributed by atoms with Crippen molar-refractivity contribution in [1.29, 1.82) is 0 Å². The second-order valence-electron chi connectivity index (χ2n) is 2.53. The van der Waals surface area contributed by atoms with Crippen LogP contribution in [0.2, 0.25) is 0 Å². The van der Waals surface area contributed by atoms with E-state index in [0.717, 1.165) is 13.0 Å². The lowest BCUT2D eigenvalue weighted by Crippen LogP contribution is -2.30. The first kappa shape index (κ1) is 13.3. The van der Waals surface area contributed by atoms with Gasteiger partial charge in [0.1, 0.15) is 0 Å². The van der Waals surface area contributed by atoms with Crippen molar-refractivity contribution in [1.82, 2.24) is 5.32 Å². The average molecular weight is 181 g/mol. The van der Waals surface area contributed by atoms with Crippen molar-refractivity contribution in [3.8, 4) is 0 Å². The molecule has 0 bridgehead atoms. The van der Waals surface area contributed by atoms with E-state index in [9.17, 15) is 4.79 Å². The van der Waals surface area contributed by atoms with Crippen LogP contribution < -0.4 is 11.1 Å². The Morgan fingerprint density at radius 1 is 1.64 bits per heavy atom. The van der Waals surface area contributed by atoms with Crippen LogP contribution in [0.5, 0.6) is 0 Å². The van der Waals surface area contributed by atoms with Crippen molar-refractivity contribution in [2.75, 3.05) is 6.54 Å². The van der Waals surface area contributed by atoms with Gasteiger partial charge in [-0.2, -0.15) is 0 Å². The topological polar surface area (TPSA) is 55.1 Å². The van der Waals surface area contributed by atoms with Gasteiger partial charge in [-0.05, 0) is 13.3 Å². The van der Waals surface area contributed by atoms with E-state index in [4.69, 9.17) is 5.73 Å². The standard InChI is InChI=1S/C7H16N2O.ClH/c1-3-4-9-7(10)5-6(2)8;/h6H,3-5,8H2,1-2H3,(H,9,10);1H. The lowest BCUT2D eigenvalue weighted by molar-refractivity contribution is -0.121. The minimum atomic E-state index is -0.0307. The summed E-state index contributed by atoms with van der Waals surface area (Å²) in [5, 5.41) is 2.74. The van der Waals surface area contributed by atoms with Crippen LogP contribution in [0.1, 0.15) is 26.7 Å². The molecule has 0 aliphatic heterocycles. The number of rotatable bonds is 4. The molecule has 0 spiro atoms. The van der Waals surface area contributed by atoms with Crippen LogP contribution in [-0.4, -0.2) is 18.5 Å². The fourth-order valence-corrected chi connectivity index (χ4v) is 0.629. The van der Waals surface area contributed by atoms with Crippen molar-refractivity contribution < 1.29 is 4.79 Å². The zero-order chi connectivity index (χ0) is 7.98. The van der Waals surface area contributed by atoms with Crippen LogP contribution in [0, 0.1) is 0 Å². The summed E-state index contributed by atoms with van der Waals surface area (Å²) in [4.78, 5) is 10.8. The Bertz CT molecular complexity index is 107. The summed E-state index contributed by atoms with van der Waals surface area (Å²) < 4.78 is 0. The fourth-order valence-electron chi connectivity index (χ4n) is 0.629. The van der Waals surface area contributed by atoms with Gasteiger partial charge in [0, 0.05) is 19.0 Å². The monoisotopic (exact) mass is 180 g/mol. The van der Waals surface area contributed by atoms with Gasteiger partial charge in [0.15, 0.2) is 0 Å². The largest absolute Gasteiger partial charge is 0.356 e. The lowest BCUT2D eigenvalue weighted by atomic mass is 10.2. The van der Waals surface area contributed by atoms with Crippen LogP contribution in [0.25, 0.3) is 0 Å². The van der Waals surface area contributed by atoms with Crippen LogP contribution in [0.3, 0.4) is 0 Å². The molecule has 1 amide bonds. The molecule has 0 rings (SSSR count). The number of hydrogen-bond acceptors (Lipinski definition) is 2. The van der Waals surface area contributed by atoms with Gasteiger partial charge in [0.25, 0.3) is 0 Å². The van der Waals surface area contributed by atoms with E-state index in [1.54, 1.807) is 0 Å². The van der Waals surface area contributed by atoms with E-state index in [1.807, 2.05) is 13.8 Å². The average Bonchev–Trinajstić information content (AvgIpc) is 1.82. The quantitative estimate of drug-likeness (QED) is 0.669. The summed E-state index contributed by atoms with van der Waals surface area (Å²) in [6.45, 7) is 4.60. The van der Waals surface area contributed by atoms with Crippen molar-refractivity contribution in [2.24, 2.45) is 5.73 Å². The lowest BCUT2D eigenvalue weighted by Gasteiger charge is -2.04.